The Morgan fingerprint density at radius 1 is 1.14 bits per heavy atom. The standard InChI is InChI=1S/C23H28N2O4/c1-3-4-5-21(26)25-13-18-12-24(23(27)17-10-11-29-15-17)14-20(18)22(25)16-6-8-19(28-2)9-7-16/h6-11,15,18,20,22H,3-5,12-14H2,1-2H3/t18-,20-,22-/m0/s1. The predicted octanol–water partition coefficient (Wildman–Crippen LogP) is 3.75. The number of nitrogens with zero attached hydrogens (tertiary/aromatic N) is 2. The number of furan rings is 1. The molecular formula is C23H28N2O4. The third-order valence-electron chi connectivity index (χ3n) is 6.24. The van der Waals surface area contributed by atoms with Crippen molar-refractivity contribution in [3.63, 3.8) is 0 Å². The average molecular weight is 396 g/mol. The molecule has 6 heteroatoms. The predicted molar refractivity (Wildman–Crippen MR) is 109 cm³/mol. The number of benzene rings is 1. The number of hydrogen-bond donors (Lipinski definition) is 0. The SMILES string of the molecule is CCCCC(=O)N1C[C@@H]2CN(C(=O)c3ccoc3)C[C@@H]2[C@@H]1c1ccc(OC)cc1. The number of likely N-dealkylation sites (tertiary alicyclic amines) is 2. The van der Waals surface area contributed by atoms with Crippen molar-refractivity contribution in [1.29, 1.82) is 0 Å². The summed E-state index contributed by atoms with van der Waals surface area (Å²) >= 11 is 0. The largest absolute Gasteiger partial charge is 0.497 e. The fourth-order valence-electron chi connectivity index (χ4n) is 4.74. The zero-order chi connectivity index (χ0) is 20.4. The van der Waals surface area contributed by atoms with Gasteiger partial charge in [0.2, 0.25) is 5.91 Å². The Morgan fingerprint density at radius 3 is 2.59 bits per heavy atom. The van der Waals surface area contributed by atoms with Gasteiger partial charge in [-0.25, -0.2) is 0 Å². The molecule has 0 spiro atoms. The second-order valence-electron chi connectivity index (χ2n) is 8.01. The summed E-state index contributed by atoms with van der Waals surface area (Å²) in [6.07, 6.45) is 5.52. The molecule has 1 aromatic carbocycles. The van der Waals surface area contributed by atoms with E-state index in [0.717, 1.165) is 24.2 Å². The Kier molecular flexibility index (Phi) is 5.60. The van der Waals surface area contributed by atoms with Crippen LogP contribution < -0.4 is 4.74 Å². The second-order valence-corrected chi connectivity index (χ2v) is 8.01. The Labute approximate surface area is 171 Å². The van der Waals surface area contributed by atoms with Gasteiger partial charge < -0.3 is 19.0 Å². The number of methoxy groups -OCH3 is 1. The summed E-state index contributed by atoms with van der Waals surface area (Å²) in [5, 5.41) is 0. The van der Waals surface area contributed by atoms with Gasteiger partial charge in [-0.1, -0.05) is 25.5 Å². The molecule has 0 radical (unpaired) electrons. The molecule has 3 atom stereocenters. The summed E-state index contributed by atoms with van der Waals surface area (Å²) in [7, 11) is 1.65. The monoisotopic (exact) mass is 396 g/mol. The molecule has 2 fully saturated rings. The molecule has 2 amide bonds. The lowest BCUT2D eigenvalue weighted by Gasteiger charge is -2.30. The number of hydrogen-bond acceptors (Lipinski definition) is 4. The third kappa shape index (κ3) is 3.76. The average Bonchev–Trinajstić information content (AvgIpc) is 3.47. The van der Waals surface area contributed by atoms with Crippen LogP contribution in [0.4, 0.5) is 0 Å². The molecule has 29 heavy (non-hydrogen) atoms. The van der Waals surface area contributed by atoms with Crippen LogP contribution in [-0.2, 0) is 4.79 Å². The van der Waals surface area contributed by atoms with E-state index < -0.39 is 0 Å². The Bertz CT molecular complexity index is 846. The van der Waals surface area contributed by atoms with Crippen LogP contribution >= 0.6 is 0 Å². The third-order valence-corrected chi connectivity index (χ3v) is 6.24. The van der Waals surface area contributed by atoms with Crippen molar-refractivity contribution in [1.82, 2.24) is 9.80 Å². The van der Waals surface area contributed by atoms with E-state index in [0.29, 0.717) is 37.5 Å². The molecule has 0 bridgehead atoms. The maximum absolute atomic E-state index is 13.0. The fourth-order valence-corrected chi connectivity index (χ4v) is 4.74. The quantitative estimate of drug-likeness (QED) is 0.746. The van der Waals surface area contributed by atoms with Crippen LogP contribution in [0.15, 0.2) is 47.3 Å². The van der Waals surface area contributed by atoms with Crippen molar-refractivity contribution in [2.75, 3.05) is 26.7 Å². The molecule has 0 saturated carbocycles. The van der Waals surface area contributed by atoms with Gasteiger partial charge in [-0.05, 0) is 30.2 Å². The minimum absolute atomic E-state index is 0.00240. The van der Waals surface area contributed by atoms with Gasteiger partial charge in [0.15, 0.2) is 0 Å². The Morgan fingerprint density at radius 2 is 1.93 bits per heavy atom. The summed E-state index contributed by atoms with van der Waals surface area (Å²) in [6, 6.07) is 9.69. The van der Waals surface area contributed by atoms with Gasteiger partial charge in [-0.2, -0.15) is 0 Å². The van der Waals surface area contributed by atoms with E-state index in [1.165, 1.54) is 12.5 Å². The lowest BCUT2D eigenvalue weighted by Crippen LogP contribution is -2.37. The molecule has 2 aliphatic rings. The normalized spacial score (nSPS) is 23.3. The van der Waals surface area contributed by atoms with Crippen LogP contribution in [0.2, 0.25) is 0 Å². The first-order valence-corrected chi connectivity index (χ1v) is 10.4. The Hall–Kier alpha value is -2.76. The molecule has 0 N–H and O–H groups in total. The smallest absolute Gasteiger partial charge is 0.257 e. The zero-order valence-corrected chi connectivity index (χ0v) is 17.0. The molecule has 2 aliphatic heterocycles. The topological polar surface area (TPSA) is 63.0 Å². The van der Waals surface area contributed by atoms with Crippen LogP contribution in [0, 0.1) is 11.8 Å². The number of amides is 2. The highest BCUT2D eigenvalue weighted by molar-refractivity contribution is 5.94. The van der Waals surface area contributed by atoms with Crippen LogP contribution in [0.1, 0.15) is 48.1 Å². The van der Waals surface area contributed by atoms with Crippen LogP contribution in [0.5, 0.6) is 5.75 Å². The van der Waals surface area contributed by atoms with Crippen molar-refractivity contribution in [2.45, 2.75) is 32.2 Å². The van der Waals surface area contributed by atoms with E-state index in [2.05, 4.69) is 6.92 Å². The minimum Gasteiger partial charge on any atom is -0.497 e. The maximum Gasteiger partial charge on any atom is 0.257 e. The number of unbranched alkanes of at least 4 members (excludes halogenated alkanes) is 1. The fraction of sp³-hybridized carbons (Fsp3) is 0.478. The Balaban J connectivity index is 1.57. The molecule has 2 saturated heterocycles. The van der Waals surface area contributed by atoms with Gasteiger partial charge >= 0.3 is 0 Å². The van der Waals surface area contributed by atoms with Gasteiger partial charge in [0.05, 0.1) is 25.0 Å². The lowest BCUT2D eigenvalue weighted by molar-refractivity contribution is -0.132. The van der Waals surface area contributed by atoms with Crippen molar-refractivity contribution in [3.05, 3.63) is 54.0 Å². The van der Waals surface area contributed by atoms with Crippen molar-refractivity contribution in [2.24, 2.45) is 11.8 Å². The van der Waals surface area contributed by atoms with E-state index in [9.17, 15) is 9.59 Å². The first kappa shape index (κ1) is 19.6. The highest BCUT2D eigenvalue weighted by Gasteiger charge is 2.49. The lowest BCUT2D eigenvalue weighted by atomic mass is 9.89. The molecule has 4 rings (SSSR count). The van der Waals surface area contributed by atoms with Crippen molar-refractivity contribution < 1.29 is 18.7 Å². The summed E-state index contributed by atoms with van der Waals surface area (Å²) < 4.78 is 10.4. The number of carbonyl (C=O) groups excluding carboxylic acids is 2. The molecule has 154 valence electrons. The summed E-state index contributed by atoms with van der Waals surface area (Å²) in [6.45, 7) is 4.15. The summed E-state index contributed by atoms with van der Waals surface area (Å²) in [5.41, 5.74) is 1.70. The highest BCUT2D eigenvalue weighted by atomic mass is 16.5. The van der Waals surface area contributed by atoms with Gasteiger partial charge in [-0.15, -0.1) is 0 Å². The van der Waals surface area contributed by atoms with E-state index in [1.54, 1.807) is 13.2 Å². The number of ether oxygens (including phenoxy) is 1. The molecule has 0 aliphatic carbocycles. The molecule has 3 heterocycles. The second kappa shape index (κ2) is 8.31. The van der Waals surface area contributed by atoms with E-state index in [4.69, 9.17) is 9.15 Å². The van der Waals surface area contributed by atoms with Gasteiger partial charge in [0, 0.05) is 37.9 Å². The van der Waals surface area contributed by atoms with Crippen LogP contribution in [-0.4, -0.2) is 48.4 Å². The van der Waals surface area contributed by atoms with Gasteiger partial charge in [0.25, 0.3) is 5.91 Å². The summed E-state index contributed by atoms with van der Waals surface area (Å²) in [5.74, 6) is 1.56. The van der Waals surface area contributed by atoms with E-state index in [-0.39, 0.29) is 23.8 Å². The number of carbonyl (C=O) groups is 2. The van der Waals surface area contributed by atoms with Crippen molar-refractivity contribution >= 4 is 11.8 Å². The van der Waals surface area contributed by atoms with Crippen LogP contribution in [0.3, 0.4) is 0 Å². The summed E-state index contributed by atoms with van der Waals surface area (Å²) in [4.78, 5) is 29.7. The molecule has 2 aromatic rings. The maximum atomic E-state index is 13.0. The molecular weight excluding hydrogens is 368 g/mol. The zero-order valence-electron chi connectivity index (χ0n) is 17.0. The van der Waals surface area contributed by atoms with Crippen LogP contribution in [0.25, 0.3) is 0 Å². The molecule has 6 nitrogen and oxygen atoms in total. The highest BCUT2D eigenvalue weighted by Crippen LogP contribution is 2.45. The van der Waals surface area contributed by atoms with Gasteiger partial charge in [0.1, 0.15) is 12.0 Å². The van der Waals surface area contributed by atoms with Crippen molar-refractivity contribution in [3.8, 4) is 5.75 Å². The first-order chi connectivity index (χ1) is 14.1. The minimum atomic E-state index is -0.00240. The number of fused-ring (bicyclic) bond motifs is 1. The number of rotatable bonds is 6. The molecule has 1 aromatic heterocycles. The van der Waals surface area contributed by atoms with E-state index in [1.807, 2.05) is 34.1 Å². The first-order valence-electron chi connectivity index (χ1n) is 10.4. The van der Waals surface area contributed by atoms with Gasteiger partial charge in [-0.3, -0.25) is 9.59 Å². The molecule has 0 unspecified atom stereocenters. The van der Waals surface area contributed by atoms with E-state index >= 15 is 0 Å².